The highest BCUT2D eigenvalue weighted by molar-refractivity contribution is 7.89. The quantitative estimate of drug-likeness (QED) is 0.528. The van der Waals surface area contributed by atoms with Gasteiger partial charge in [-0.05, 0) is 36.2 Å². The molecule has 1 heterocycles. The standard InChI is InChI=1S/C16H21N5O4S/c1-25-11-10-18-15-7-6-14(20-21-15)16(22)19-9-8-12-2-4-13(5-3-12)26(17,23)24/h2-7H,8-11H2,1H3,(H,18,21)(H,19,22)(H2,17,23,24). The van der Waals surface area contributed by atoms with Crippen molar-refractivity contribution in [2.75, 3.05) is 32.1 Å². The van der Waals surface area contributed by atoms with E-state index in [1.54, 1.807) is 31.4 Å². The molecule has 10 heteroatoms. The van der Waals surface area contributed by atoms with Crippen LogP contribution in [-0.2, 0) is 21.2 Å². The van der Waals surface area contributed by atoms with Gasteiger partial charge in [-0.15, -0.1) is 10.2 Å². The summed E-state index contributed by atoms with van der Waals surface area (Å²) < 4.78 is 27.3. The SMILES string of the molecule is COCCNc1ccc(C(=O)NCCc2ccc(S(N)(=O)=O)cc2)nn1. The van der Waals surface area contributed by atoms with Crippen LogP contribution in [0.15, 0.2) is 41.3 Å². The molecule has 0 saturated carbocycles. The van der Waals surface area contributed by atoms with E-state index in [0.717, 1.165) is 5.56 Å². The Labute approximate surface area is 152 Å². The van der Waals surface area contributed by atoms with E-state index < -0.39 is 10.0 Å². The third-order valence-corrected chi connectivity index (χ3v) is 4.39. The number of anilines is 1. The number of aromatic nitrogens is 2. The molecule has 2 aromatic rings. The Balaban J connectivity index is 1.81. The van der Waals surface area contributed by atoms with Crippen molar-refractivity contribution in [3.8, 4) is 0 Å². The molecule has 26 heavy (non-hydrogen) atoms. The number of benzene rings is 1. The molecule has 0 unspecified atom stereocenters. The monoisotopic (exact) mass is 379 g/mol. The van der Waals surface area contributed by atoms with Gasteiger partial charge >= 0.3 is 0 Å². The Bertz CT molecular complexity index is 823. The van der Waals surface area contributed by atoms with Gasteiger partial charge in [0.25, 0.3) is 5.91 Å². The van der Waals surface area contributed by atoms with E-state index in [2.05, 4.69) is 20.8 Å². The fourth-order valence-corrected chi connectivity index (χ4v) is 2.60. The third-order valence-electron chi connectivity index (χ3n) is 3.46. The fraction of sp³-hybridized carbons (Fsp3) is 0.312. The third kappa shape index (κ3) is 6.06. The zero-order chi connectivity index (χ0) is 19.0. The van der Waals surface area contributed by atoms with Gasteiger partial charge in [-0.25, -0.2) is 13.6 Å². The molecule has 1 aromatic heterocycles. The number of nitrogens with two attached hydrogens (primary N) is 1. The normalized spacial score (nSPS) is 11.2. The van der Waals surface area contributed by atoms with Crippen LogP contribution >= 0.6 is 0 Å². The lowest BCUT2D eigenvalue weighted by Gasteiger charge is -2.07. The number of carbonyl (C=O) groups excluding carboxylic acids is 1. The molecule has 4 N–H and O–H groups in total. The highest BCUT2D eigenvalue weighted by Gasteiger charge is 2.09. The molecule has 2 rings (SSSR count). The van der Waals surface area contributed by atoms with Crippen molar-refractivity contribution in [2.45, 2.75) is 11.3 Å². The van der Waals surface area contributed by atoms with Crippen LogP contribution in [0, 0.1) is 0 Å². The highest BCUT2D eigenvalue weighted by Crippen LogP contribution is 2.09. The van der Waals surface area contributed by atoms with Crippen molar-refractivity contribution in [1.82, 2.24) is 15.5 Å². The molecule has 0 aliphatic heterocycles. The minimum Gasteiger partial charge on any atom is -0.383 e. The van der Waals surface area contributed by atoms with Crippen LogP contribution in [0.2, 0.25) is 0 Å². The lowest BCUT2D eigenvalue weighted by atomic mass is 10.1. The summed E-state index contributed by atoms with van der Waals surface area (Å²) in [5.74, 6) is 0.232. The number of sulfonamides is 1. The van der Waals surface area contributed by atoms with Gasteiger partial charge in [-0.2, -0.15) is 0 Å². The van der Waals surface area contributed by atoms with E-state index in [9.17, 15) is 13.2 Å². The number of nitrogens with one attached hydrogen (secondary N) is 2. The predicted octanol–water partition coefficient (Wildman–Crippen LogP) is 0.155. The Morgan fingerprint density at radius 2 is 1.85 bits per heavy atom. The van der Waals surface area contributed by atoms with Gasteiger partial charge < -0.3 is 15.4 Å². The molecule has 0 saturated heterocycles. The molecule has 1 aromatic carbocycles. The molecule has 140 valence electrons. The maximum Gasteiger partial charge on any atom is 0.271 e. The molecule has 9 nitrogen and oxygen atoms in total. The summed E-state index contributed by atoms with van der Waals surface area (Å²) in [6, 6.07) is 9.45. The Hall–Kier alpha value is -2.56. The first-order valence-corrected chi connectivity index (χ1v) is 9.41. The van der Waals surface area contributed by atoms with Crippen molar-refractivity contribution in [3.05, 3.63) is 47.7 Å². The maximum absolute atomic E-state index is 12.0. The first kappa shape index (κ1) is 19.8. The number of hydrogen-bond donors (Lipinski definition) is 3. The van der Waals surface area contributed by atoms with Crippen LogP contribution in [-0.4, -0.2) is 51.3 Å². The summed E-state index contributed by atoms with van der Waals surface area (Å²) in [4.78, 5) is 12.1. The second kappa shape index (κ2) is 9.22. The zero-order valence-electron chi connectivity index (χ0n) is 14.3. The largest absolute Gasteiger partial charge is 0.383 e. The molecule has 0 spiro atoms. The van der Waals surface area contributed by atoms with Gasteiger partial charge in [0.15, 0.2) is 5.69 Å². The number of nitrogens with zero attached hydrogens (tertiary/aromatic N) is 2. The van der Waals surface area contributed by atoms with Crippen molar-refractivity contribution in [2.24, 2.45) is 5.14 Å². The van der Waals surface area contributed by atoms with Gasteiger partial charge in [-0.1, -0.05) is 12.1 Å². The molecule has 0 atom stereocenters. The summed E-state index contributed by atoms with van der Waals surface area (Å²) in [6.45, 7) is 1.52. The number of methoxy groups -OCH3 is 1. The number of hydrogen-bond acceptors (Lipinski definition) is 7. The summed E-state index contributed by atoms with van der Waals surface area (Å²) in [5.41, 5.74) is 1.09. The van der Waals surface area contributed by atoms with E-state index in [-0.39, 0.29) is 16.5 Å². The second-order valence-corrected chi connectivity index (χ2v) is 6.98. The second-order valence-electron chi connectivity index (χ2n) is 5.42. The van der Waals surface area contributed by atoms with Crippen molar-refractivity contribution >= 4 is 21.7 Å². The Morgan fingerprint density at radius 1 is 1.12 bits per heavy atom. The Kier molecular flexibility index (Phi) is 7.01. The average Bonchev–Trinajstić information content (AvgIpc) is 2.62. The minimum atomic E-state index is -3.70. The minimum absolute atomic E-state index is 0.0553. The fourth-order valence-electron chi connectivity index (χ4n) is 2.09. The van der Waals surface area contributed by atoms with E-state index in [1.165, 1.54) is 12.1 Å². The smallest absolute Gasteiger partial charge is 0.271 e. The molecule has 0 aliphatic carbocycles. The predicted molar refractivity (Wildman–Crippen MR) is 96.3 cm³/mol. The number of ether oxygens (including phenoxy) is 1. The lowest BCUT2D eigenvalue weighted by Crippen LogP contribution is -2.27. The molecule has 0 fully saturated rings. The number of carbonyl (C=O) groups is 1. The molecule has 0 bridgehead atoms. The number of primary sulfonamides is 1. The Morgan fingerprint density at radius 3 is 2.42 bits per heavy atom. The zero-order valence-corrected chi connectivity index (χ0v) is 15.1. The van der Waals surface area contributed by atoms with Crippen LogP contribution in [0.5, 0.6) is 0 Å². The molecular formula is C16H21N5O4S. The van der Waals surface area contributed by atoms with Crippen molar-refractivity contribution in [3.63, 3.8) is 0 Å². The van der Waals surface area contributed by atoms with Crippen molar-refractivity contribution < 1.29 is 17.9 Å². The van der Waals surface area contributed by atoms with Crippen molar-refractivity contribution in [1.29, 1.82) is 0 Å². The molecule has 0 aliphatic rings. The maximum atomic E-state index is 12.0. The van der Waals surface area contributed by atoms with Gasteiger partial charge in [0, 0.05) is 20.2 Å². The van der Waals surface area contributed by atoms with Crippen LogP contribution in [0.1, 0.15) is 16.1 Å². The van der Waals surface area contributed by atoms with E-state index >= 15 is 0 Å². The highest BCUT2D eigenvalue weighted by atomic mass is 32.2. The summed E-state index contributed by atoms with van der Waals surface area (Å²) in [7, 11) is -2.09. The summed E-state index contributed by atoms with van der Waals surface area (Å²) >= 11 is 0. The lowest BCUT2D eigenvalue weighted by molar-refractivity contribution is 0.0948. The van der Waals surface area contributed by atoms with Crippen LogP contribution in [0.3, 0.4) is 0 Å². The molecule has 0 radical (unpaired) electrons. The van der Waals surface area contributed by atoms with Gasteiger partial charge in [0.05, 0.1) is 11.5 Å². The van der Waals surface area contributed by atoms with Gasteiger partial charge in [-0.3, -0.25) is 4.79 Å². The van der Waals surface area contributed by atoms with Gasteiger partial charge in [0.1, 0.15) is 5.82 Å². The molecule has 1 amide bonds. The van der Waals surface area contributed by atoms with Crippen LogP contribution < -0.4 is 15.8 Å². The van der Waals surface area contributed by atoms with Crippen LogP contribution in [0.25, 0.3) is 0 Å². The van der Waals surface area contributed by atoms with Crippen LogP contribution in [0.4, 0.5) is 5.82 Å². The average molecular weight is 379 g/mol. The first-order valence-electron chi connectivity index (χ1n) is 7.86. The first-order chi connectivity index (χ1) is 12.4. The van der Waals surface area contributed by atoms with E-state index in [0.29, 0.717) is 31.9 Å². The van der Waals surface area contributed by atoms with E-state index in [4.69, 9.17) is 9.88 Å². The molecular weight excluding hydrogens is 358 g/mol. The number of rotatable bonds is 9. The summed E-state index contributed by atoms with van der Waals surface area (Å²) in [5, 5.41) is 18.6. The van der Waals surface area contributed by atoms with E-state index in [1.807, 2.05) is 0 Å². The number of amides is 1. The topological polar surface area (TPSA) is 136 Å². The van der Waals surface area contributed by atoms with Gasteiger partial charge in [0.2, 0.25) is 10.0 Å². The summed E-state index contributed by atoms with van der Waals surface area (Å²) in [6.07, 6.45) is 0.542.